The summed E-state index contributed by atoms with van der Waals surface area (Å²) in [5.74, 6) is 0.736. The summed E-state index contributed by atoms with van der Waals surface area (Å²) in [6.45, 7) is 1.99. The number of hydrogen-bond donors (Lipinski definition) is 1. The van der Waals surface area contributed by atoms with Crippen molar-refractivity contribution in [1.82, 2.24) is 14.7 Å². The Morgan fingerprint density at radius 3 is 2.91 bits per heavy atom. The summed E-state index contributed by atoms with van der Waals surface area (Å²) in [6.07, 6.45) is 8.50. The van der Waals surface area contributed by atoms with Crippen LogP contribution in [0.1, 0.15) is 25.7 Å². The van der Waals surface area contributed by atoms with Crippen LogP contribution < -0.4 is 9.62 Å². The average molecular weight is 326 g/mol. The molecule has 8 heteroatoms. The fraction of sp³-hybridized carbons (Fsp3) is 0.714. The molecule has 3 rings (SSSR count). The fourth-order valence-corrected chi connectivity index (χ4v) is 3.77. The number of nitrogens with one attached hydrogen (secondary N) is 1. The molecule has 122 valence electrons. The molecule has 1 aromatic rings. The fourth-order valence-electron chi connectivity index (χ4n) is 3.28. The van der Waals surface area contributed by atoms with Crippen LogP contribution in [0.3, 0.4) is 0 Å². The number of aromatic nitrogens is 2. The van der Waals surface area contributed by atoms with Gasteiger partial charge in [0.1, 0.15) is 0 Å². The van der Waals surface area contributed by atoms with E-state index in [0.717, 1.165) is 44.7 Å². The highest BCUT2D eigenvalue weighted by Crippen LogP contribution is 2.37. The van der Waals surface area contributed by atoms with Crippen LogP contribution in [-0.2, 0) is 14.8 Å². The van der Waals surface area contributed by atoms with Gasteiger partial charge in [0.05, 0.1) is 18.0 Å². The lowest BCUT2D eigenvalue weighted by Gasteiger charge is -2.38. The molecule has 22 heavy (non-hydrogen) atoms. The molecule has 2 fully saturated rings. The Kier molecular flexibility index (Phi) is 4.33. The van der Waals surface area contributed by atoms with Crippen molar-refractivity contribution in [2.24, 2.45) is 0 Å². The molecular weight excluding hydrogens is 304 g/mol. The Labute approximate surface area is 131 Å². The molecule has 0 unspecified atom stereocenters. The van der Waals surface area contributed by atoms with Crippen LogP contribution in [0.25, 0.3) is 0 Å². The highest BCUT2D eigenvalue weighted by molar-refractivity contribution is 7.88. The van der Waals surface area contributed by atoms with E-state index >= 15 is 0 Å². The van der Waals surface area contributed by atoms with Crippen molar-refractivity contribution in [1.29, 1.82) is 0 Å². The number of rotatable bonds is 4. The summed E-state index contributed by atoms with van der Waals surface area (Å²) < 4.78 is 31.3. The third-order valence-corrected chi connectivity index (χ3v) is 4.99. The minimum absolute atomic E-state index is 0.0554. The Morgan fingerprint density at radius 2 is 2.18 bits per heavy atom. The zero-order chi connectivity index (χ0) is 15.6. The lowest BCUT2D eigenvalue weighted by molar-refractivity contribution is -0.112. The highest BCUT2D eigenvalue weighted by atomic mass is 32.2. The van der Waals surface area contributed by atoms with Crippen molar-refractivity contribution in [3.8, 4) is 0 Å². The molecule has 0 amide bonds. The molecule has 0 radical (unpaired) electrons. The predicted molar refractivity (Wildman–Crippen MR) is 83.2 cm³/mol. The Balaban J connectivity index is 1.62. The molecule has 1 aromatic heterocycles. The number of anilines is 1. The Hall–Kier alpha value is -1.25. The van der Waals surface area contributed by atoms with Crippen LogP contribution in [0, 0.1) is 0 Å². The van der Waals surface area contributed by atoms with Crippen molar-refractivity contribution >= 4 is 16.0 Å². The van der Waals surface area contributed by atoms with E-state index in [-0.39, 0.29) is 11.7 Å². The minimum Gasteiger partial charge on any atom is -0.368 e. The number of ether oxygens (including phenoxy) is 1. The van der Waals surface area contributed by atoms with Gasteiger partial charge in [-0.15, -0.1) is 0 Å². The summed E-state index contributed by atoms with van der Waals surface area (Å²) in [4.78, 5) is 10.7. The maximum absolute atomic E-state index is 11.2. The van der Waals surface area contributed by atoms with Crippen LogP contribution in [0.4, 0.5) is 5.95 Å². The Bertz CT molecular complexity index is 610. The smallest absolute Gasteiger partial charge is 0.225 e. The molecule has 2 aliphatic heterocycles. The molecule has 1 N–H and O–H groups in total. The first kappa shape index (κ1) is 15.6. The van der Waals surface area contributed by atoms with Gasteiger partial charge >= 0.3 is 0 Å². The van der Waals surface area contributed by atoms with E-state index < -0.39 is 10.0 Å². The van der Waals surface area contributed by atoms with Crippen molar-refractivity contribution in [3.05, 3.63) is 18.5 Å². The summed E-state index contributed by atoms with van der Waals surface area (Å²) >= 11 is 0. The summed E-state index contributed by atoms with van der Waals surface area (Å²) in [6, 6.07) is 1.80. The van der Waals surface area contributed by atoms with Gasteiger partial charge in [0.2, 0.25) is 16.0 Å². The second-order valence-electron chi connectivity index (χ2n) is 6.16. The molecule has 0 bridgehead atoms. The molecule has 7 nitrogen and oxygen atoms in total. The van der Waals surface area contributed by atoms with E-state index in [2.05, 4.69) is 19.6 Å². The second-order valence-corrected chi connectivity index (χ2v) is 7.99. The first-order valence-electron chi connectivity index (χ1n) is 7.60. The normalized spacial score (nSPS) is 29.1. The maximum atomic E-state index is 11.2. The van der Waals surface area contributed by atoms with Gasteiger partial charge in [0.25, 0.3) is 0 Å². The molecule has 1 spiro atoms. The van der Waals surface area contributed by atoms with Gasteiger partial charge in [0, 0.05) is 32.0 Å². The topological polar surface area (TPSA) is 84.4 Å². The van der Waals surface area contributed by atoms with Crippen molar-refractivity contribution in [3.63, 3.8) is 0 Å². The van der Waals surface area contributed by atoms with Gasteiger partial charge in [-0.1, -0.05) is 0 Å². The maximum Gasteiger partial charge on any atom is 0.225 e. The predicted octanol–water partition coefficient (Wildman–Crippen LogP) is 0.544. The van der Waals surface area contributed by atoms with E-state index in [9.17, 15) is 8.42 Å². The first-order valence-corrected chi connectivity index (χ1v) is 9.49. The molecule has 0 saturated carbocycles. The van der Waals surface area contributed by atoms with E-state index in [1.807, 2.05) is 0 Å². The number of sulfonamides is 1. The van der Waals surface area contributed by atoms with Gasteiger partial charge < -0.3 is 9.64 Å². The monoisotopic (exact) mass is 326 g/mol. The van der Waals surface area contributed by atoms with E-state index in [1.54, 1.807) is 18.5 Å². The summed E-state index contributed by atoms with van der Waals surface area (Å²) in [5, 5.41) is 0. The molecule has 2 saturated heterocycles. The minimum atomic E-state index is -3.17. The standard InChI is InChI=1S/C14H22N4O3S/c1-22(19,20)17-10-12-4-2-5-14(21-12)6-9-18(11-14)13-15-7-3-8-16-13/h3,7-8,12,17H,2,4-6,9-11H2,1H3/t12-,14-/m1/s1. The summed E-state index contributed by atoms with van der Waals surface area (Å²) in [5.41, 5.74) is -0.193. The third kappa shape index (κ3) is 3.74. The Morgan fingerprint density at radius 1 is 1.41 bits per heavy atom. The van der Waals surface area contributed by atoms with Crippen molar-refractivity contribution in [2.45, 2.75) is 37.4 Å². The molecular formula is C14H22N4O3S. The zero-order valence-electron chi connectivity index (χ0n) is 12.7. The van der Waals surface area contributed by atoms with Gasteiger partial charge in [-0.3, -0.25) is 0 Å². The second kappa shape index (κ2) is 6.10. The van der Waals surface area contributed by atoms with E-state index in [4.69, 9.17) is 4.74 Å². The van der Waals surface area contributed by atoms with E-state index in [1.165, 1.54) is 6.26 Å². The average Bonchev–Trinajstić information content (AvgIpc) is 2.89. The van der Waals surface area contributed by atoms with Gasteiger partial charge in [0.15, 0.2) is 0 Å². The largest absolute Gasteiger partial charge is 0.368 e. The zero-order valence-corrected chi connectivity index (χ0v) is 13.6. The van der Waals surface area contributed by atoms with Crippen LogP contribution in [0.15, 0.2) is 18.5 Å². The number of nitrogens with zero attached hydrogens (tertiary/aromatic N) is 3. The first-order chi connectivity index (χ1) is 10.5. The molecule has 0 aromatic carbocycles. The van der Waals surface area contributed by atoms with Crippen LogP contribution in [-0.4, -0.2) is 56.0 Å². The molecule has 0 aliphatic carbocycles. The number of hydrogen-bond acceptors (Lipinski definition) is 6. The van der Waals surface area contributed by atoms with Crippen LogP contribution >= 0.6 is 0 Å². The molecule has 2 atom stereocenters. The highest BCUT2D eigenvalue weighted by Gasteiger charge is 2.43. The van der Waals surface area contributed by atoms with Crippen LogP contribution in [0.2, 0.25) is 0 Å². The van der Waals surface area contributed by atoms with Gasteiger partial charge in [-0.25, -0.2) is 23.1 Å². The lowest BCUT2D eigenvalue weighted by Crippen LogP contribution is -2.46. The quantitative estimate of drug-likeness (QED) is 0.869. The third-order valence-electron chi connectivity index (χ3n) is 4.30. The van der Waals surface area contributed by atoms with Crippen LogP contribution in [0.5, 0.6) is 0 Å². The summed E-state index contributed by atoms with van der Waals surface area (Å²) in [7, 11) is -3.17. The van der Waals surface area contributed by atoms with E-state index in [0.29, 0.717) is 6.54 Å². The van der Waals surface area contributed by atoms with Crippen molar-refractivity contribution in [2.75, 3.05) is 30.8 Å². The molecule has 2 aliphatic rings. The lowest BCUT2D eigenvalue weighted by atomic mass is 9.90. The van der Waals surface area contributed by atoms with Crippen molar-refractivity contribution < 1.29 is 13.2 Å². The SMILES string of the molecule is CS(=O)(=O)NC[C@H]1CCC[C@]2(CCN(c3ncccn3)C2)O1. The van der Waals surface area contributed by atoms with Gasteiger partial charge in [-0.05, 0) is 31.7 Å². The van der Waals surface area contributed by atoms with Gasteiger partial charge in [-0.2, -0.15) is 0 Å². The molecule has 3 heterocycles.